The summed E-state index contributed by atoms with van der Waals surface area (Å²) in [5.74, 6) is 1.67. The largest absolute Gasteiger partial charge is 0.475 e. The van der Waals surface area contributed by atoms with E-state index < -0.39 is 0 Å². The summed E-state index contributed by atoms with van der Waals surface area (Å²) in [6.45, 7) is 6.59. The molecule has 1 atom stereocenters. The van der Waals surface area contributed by atoms with Crippen molar-refractivity contribution in [2.75, 3.05) is 24.6 Å². The zero-order chi connectivity index (χ0) is 17.1. The third-order valence-corrected chi connectivity index (χ3v) is 5.16. The highest BCUT2D eigenvalue weighted by Crippen LogP contribution is 2.27. The lowest BCUT2D eigenvalue weighted by molar-refractivity contribution is 0.217. The molecular weight excluding hydrogens is 312 g/mol. The third kappa shape index (κ3) is 3.76. The van der Waals surface area contributed by atoms with Crippen LogP contribution in [0.3, 0.4) is 0 Å². The molecule has 0 aliphatic carbocycles. The van der Waals surface area contributed by atoms with Gasteiger partial charge in [-0.15, -0.1) is 0 Å². The minimum absolute atomic E-state index is 0.529. The summed E-state index contributed by atoms with van der Waals surface area (Å²) in [5, 5.41) is 0. The molecule has 0 amide bonds. The van der Waals surface area contributed by atoms with Crippen LogP contribution in [0, 0.1) is 0 Å². The average Bonchev–Trinajstić information content (AvgIpc) is 2.84. The maximum absolute atomic E-state index is 5.94. The third-order valence-electron chi connectivity index (χ3n) is 5.16. The standard InChI is InChI=1S/C20H26N4O/c1-16-7-5-6-10-24(16)19-13-21-18-15-23(11-12-25-20(18)22-19)14-17-8-3-2-4-9-17/h2-4,8-9,13,16H,5-7,10-12,14-15H2,1H3. The van der Waals surface area contributed by atoms with Crippen molar-refractivity contribution in [2.24, 2.45) is 0 Å². The molecule has 0 saturated carbocycles. The number of anilines is 1. The summed E-state index contributed by atoms with van der Waals surface area (Å²) in [5.41, 5.74) is 2.26. The van der Waals surface area contributed by atoms with Crippen LogP contribution < -0.4 is 9.64 Å². The lowest BCUT2D eigenvalue weighted by Crippen LogP contribution is -2.38. The predicted molar refractivity (Wildman–Crippen MR) is 98.7 cm³/mol. The fourth-order valence-corrected chi connectivity index (χ4v) is 3.73. The molecule has 1 unspecified atom stereocenters. The van der Waals surface area contributed by atoms with Crippen LogP contribution in [0.15, 0.2) is 36.5 Å². The van der Waals surface area contributed by atoms with Gasteiger partial charge >= 0.3 is 0 Å². The number of hydrogen-bond acceptors (Lipinski definition) is 5. The van der Waals surface area contributed by atoms with Crippen molar-refractivity contribution in [3.8, 4) is 5.88 Å². The molecule has 1 aromatic heterocycles. The SMILES string of the molecule is CC1CCCCN1c1cnc2c(n1)OCCN(Cc1ccccc1)C2. The van der Waals surface area contributed by atoms with Crippen LogP contribution in [0.1, 0.15) is 37.4 Å². The highest BCUT2D eigenvalue weighted by atomic mass is 16.5. The van der Waals surface area contributed by atoms with E-state index in [1.165, 1.54) is 24.8 Å². The summed E-state index contributed by atoms with van der Waals surface area (Å²) in [6, 6.07) is 11.1. The maximum Gasteiger partial charge on any atom is 0.239 e. The molecule has 5 heteroatoms. The van der Waals surface area contributed by atoms with Gasteiger partial charge in [0.05, 0.1) is 6.20 Å². The van der Waals surface area contributed by atoms with E-state index >= 15 is 0 Å². The van der Waals surface area contributed by atoms with E-state index in [0.29, 0.717) is 18.5 Å². The van der Waals surface area contributed by atoms with Gasteiger partial charge in [0, 0.05) is 32.2 Å². The summed E-state index contributed by atoms with van der Waals surface area (Å²) < 4.78 is 5.94. The maximum atomic E-state index is 5.94. The molecule has 0 radical (unpaired) electrons. The fraction of sp³-hybridized carbons (Fsp3) is 0.500. The first-order valence-corrected chi connectivity index (χ1v) is 9.31. The Hall–Kier alpha value is -2.14. The molecule has 5 nitrogen and oxygen atoms in total. The van der Waals surface area contributed by atoms with Gasteiger partial charge in [0.1, 0.15) is 12.3 Å². The van der Waals surface area contributed by atoms with Gasteiger partial charge in [-0.1, -0.05) is 30.3 Å². The Bertz CT molecular complexity index is 706. The number of aromatic nitrogens is 2. The van der Waals surface area contributed by atoms with Crippen LogP contribution in [-0.4, -0.2) is 40.6 Å². The van der Waals surface area contributed by atoms with Crippen molar-refractivity contribution in [3.63, 3.8) is 0 Å². The molecule has 1 aromatic carbocycles. The number of fused-ring (bicyclic) bond motifs is 1. The summed E-state index contributed by atoms with van der Waals surface area (Å²) in [6.07, 6.45) is 5.69. The molecule has 2 aromatic rings. The number of ether oxygens (including phenoxy) is 1. The van der Waals surface area contributed by atoms with E-state index in [2.05, 4.69) is 47.1 Å². The topological polar surface area (TPSA) is 41.5 Å². The highest BCUT2D eigenvalue weighted by molar-refractivity contribution is 5.41. The van der Waals surface area contributed by atoms with Gasteiger partial charge in [-0.25, -0.2) is 0 Å². The van der Waals surface area contributed by atoms with Crippen LogP contribution in [0.2, 0.25) is 0 Å². The Kier molecular flexibility index (Phi) is 4.83. The number of piperidine rings is 1. The Morgan fingerprint density at radius 1 is 1.16 bits per heavy atom. The van der Waals surface area contributed by atoms with Gasteiger partial charge in [-0.2, -0.15) is 4.98 Å². The van der Waals surface area contributed by atoms with Gasteiger partial charge in [0.25, 0.3) is 0 Å². The van der Waals surface area contributed by atoms with Crippen molar-refractivity contribution in [2.45, 2.75) is 45.3 Å². The molecule has 1 saturated heterocycles. The Morgan fingerprint density at radius 3 is 2.88 bits per heavy atom. The fourth-order valence-electron chi connectivity index (χ4n) is 3.73. The number of benzene rings is 1. The molecular formula is C20H26N4O. The molecule has 0 N–H and O–H groups in total. The van der Waals surface area contributed by atoms with Gasteiger partial charge in [0.15, 0.2) is 5.82 Å². The second-order valence-corrected chi connectivity index (χ2v) is 7.06. The zero-order valence-corrected chi connectivity index (χ0v) is 14.9. The number of nitrogens with zero attached hydrogens (tertiary/aromatic N) is 4. The van der Waals surface area contributed by atoms with E-state index in [9.17, 15) is 0 Å². The van der Waals surface area contributed by atoms with Crippen molar-refractivity contribution >= 4 is 5.82 Å². The molecule has 25 heavy (non-hydrogen) atoms. The molecule has 132 valence electrons. The lowest BCUT2D eigenvalue weighted by atomic mass is 10.0. The van der Waals surface area contributed by atoms with Crippen molar-refractivity contribution in [1.82, 2.24) is 14.9 Å². The number of rotatable bonds is 3. The Labute approximate surface area is 149 Å². The van der Waals surface area contributed by atoms with E-state index in [-0.39, 0.29) is 0 Å². The molecule has 0 spiro atoms. The molecule has 2 aliphatic heterocycles. The van der Waals surface area contributed by atoms with Gasteiger partial charge < -0.3 is 9.64 Å². The quantitative estimate of drug-likeness (QED) is 0.859. The van der Waals surface area contributed by atoms with Crippen LogP contribution >= 0.6 is 0 Å². The van der Waals surface area contributed by atoms with E-state index in [1.807, 2.05) is 6.20 Å². The van der Waals surface area contributed by atoms with Crippen LogP contribution in [-0.2, 0) is 13.1 Å². The zero-order valence-electron chi connectivity index (χ0n) is 14.9. The lowest BCUT2D eigenvalue weighted by Gasteiger charge is -2.34. The molecule has 3 heterocycles. The van der Waals surface area contributed by atoms with Crippen molar-refractivity contribution < 1.29 is 4.74 Å². The van der Waals surface area contributed by atoms with Gasteiger partial charge in [-0.3, -0.25) is 9.88 Å². The summed E-state index contributed by atoms with van der Waals surface area (Å²) in [7, 11) is 0. The van der Waals surface area contributed by atoms with E-state index in [0.717, 1.165) is 37.7 Å². The van der Waals surface area contributed by atoms with E-state index in [1.54, 1.807) is 0 Å². The monoisotopic (exact) mass is 338 g/mol. The summed E-state index contributed by atoms with van der Waals surface area (Å²) >= 11 is 0. The molecule has 4 rings (SSSR count). The van der Waals surface area contributed by atoms with Crippen LogP contribution in [0.4, 0.5) is 5.82 Å². The normalized spacial score (nSPS) is 21.3. The molecule has 2 aliphatic rings. The van der Waals surface area contributed by atoms with Crippen LogP contribution in [0.25, 0.3) is 0 Å². The van der Waals surface area contributed by atoms with Gasteiger partial charge in [0.2, 0.25) is 5.88 Å². The summed E-state index contributed by atoms with van der Waals surface area (Å²) in [4.78, 5) is 14.3. The first-order chi connectivity index (χ1) is 12.3. The van der Waals surface area contributed by atoms with Crippen molar-refractivity contribution in [1.29, 1.82) is 0 Å². The number of hydrogen-bond donors (Lipinski definition) is 0. The molecule has 1 fully saturated rings. The second kappa shape index (κ2) is 7.40. The minimum atomic E-state index is 0.529. The Balaban J connectivity index is 1.50. The Morgan fingerprint density at radius 2 is 2.04 bits per heavy atom. The van der Waals surface area contributed by atoms with Crippen LogP contribution in [0.5, 0.6) is 5.88 Å². The predicted octanol–water partition coefficient (Wildman–Crippen LogP) is 3.25. The molecule has 0 bridgehead atoms. The van der Waals surface area contributed by atoms with E-state index in [4.69, 9.17) is 14.7 Å². The smallest absolute Gasteiger partial charge is 0.239 e. The minimum Gasteiger partial charge on any atom is -0.475 e. The first-order valence-electron chi connectivity index (χ1n) is 9.31. The second-order valence-electron chi connectivity index (χ2n) is 7.06. The average molecular weight is 338 g/mol. The first kappa shape index (κ1) is 16.3. The van der Waals surface area contributed by atoms with Crippen molar-refractivity contribution in [3.05, 3.63) is 47.8 Å². The van der Waals surface area contributed by atoms with Gasteiger partial charge in [-0.05, 0) is 31.7 Å². The highest BCUT2D eigenvalue weighted by Gasteiger charge is 2.23.